The first kappa shape index (κ1) is 20.8. The van der Waals surface area contributed by atoms with Gasteiger partial charge in [-0.3, -0.25) is 0 Å². The Bertz CT molecular complexity index is 778. The molecule has 2 saturated carbocycles. The molecular formula is C23H33BrN2OS. The summed E-state index contributed by atoms with van der Waals surface area (Å²) < 4.78 is 0. The molecule has 2 fully saturated rings. The van der Waals surface area contributed by atoms with Gasteiger partial charge in [0.1, 0.15) is 5.01 Å². The van der Waals surface area contributed by atoms with Crippen LogP contribution in [0.5, 0.6) is 0 Å². The second-order valence-corrected chi connectivity index (χ2v) is 10.7. The summed E-state index contributed by atoms with van der Waals surface area (Å²) in [5, 5.41) is 17.8. The first-order chi connectivity index (χ1) is 13.0. The summed E-state index contributed by atoms with van der Waals surface area (Å²) >= 11 is 1.69. The number of aliphatic hydroxyl groups excluding tert-OH is 1. The SMILES string of the molecule is Br.CNC1C[C@@]2(C)C(=CC[C@H]3[C@@H]4CC=C[C@@]4(C)CC[C@@H]32)C(c2nccs2)C1O. The number of nitrogens with zero attached hydrogens (tertiary/aromatic N) is 1. The zero-order valence-electron chi connectivity index (χ0n) is 17.1. The molecule has 28 heavy (non-hydrogen) atoms. The van der Waals surface area contributed by atoms with E-state index in [1.807, 2.05) is 18.6 Å². The molecule has 154 valence electrons. The third kappa shape index (κ3) is 2.84. The van der Waals surface area contributed by atoms with Crippen LogP contribution >= 0.6 is 28.3 Å². The van der Waals surface area contributed by atoms with Gasteiger partial charge in [-0.25, -0.2) is 4.98 Å². The summed E-state index contributed by atoms with van der Waals surface area (Å²) in [6, 6.07) is 0.134. The number of halogens is 1. The Morgan fingerprint density at radius 1 is 1.25 bits per heavy atom. The van der Waals surface area contributed by atoms with E-state index >= 15 is 0 Å². The molecule has 4 aliphatic carbocycles. The summed E-state index contributed by atoms with van der Waals surface area (Å²) in [6.07, 6.45) is 15.1. The number of aliphatic hydroxyl groups is 1. The predicted octanol–water partition coefficient (Wildman–Crippen LogP) is 5.10. The lowest BCUT2D eigenvalue weighted by Crippen LogP contribution is -2.57. The summed E-state index contributed by atoms with van der Waals surface area (Å²) in [7, 11) is 2.00. The van der Waals surface area contributed by atoms with E-state index in [4.69, 9.17) is 0 Å². The topological polar surface area (TPSA) is 45.2 Å². The largest absolute Gasteiger partial charge is 0.390 e. The van der Waals surface area contributed by atoms with Gasteiger partial charge >= 0.3 is 0 Å². The minimum Gasteiger partial charge on any atom is -0.390 e. The smallest absolute Gasteiger partial charge is 0.102 e. The molecular weight excluding hydrogens is 432 g/mol. The standard InChI is InChI=1S/C23H32N2OS.BrH/c1-22-9-4-5-15(22)14-6-7-17-19(21-25-11-12-27-21)20(26)18(24-3)13-23(17,2)16(14)8-10-22;/h4,7,9,11-12,14-16,18-20,24,26H,5-6,8,10,13H2,1-3H3;1H/t14-,15-,16-,18?,19?,20?,22-,23+;/m0./s1. The number of hydrogen-bond acceptors (Lipinski definition) is 4. The molecule has 1 heterocycles. The van der Waals surface area contributed by atoms with Crippen LogP contribution in [-0.4, -0.2) is 29.3 Å². The van der Waals surface area contributed by atoms with Crippen LogP contribution in [0.3, 0.4) is 0 Å². The van der Waals surface area contributed by atoms with Crippen molar-refractivity contribution in [2.45, 2.75) is 64.0 Å². The fourth-order valence-electron chi connectivity index (χ4n) is 7.29. The van der Waals surface area contributed by atoms with Gasteiger partial charge in [0.05, 0.1) is 12.0 Å². The summed E-state index contributed by atoms with van der Waals surface area (Å²) in [5.41, 5.74) is 2.05. The van der Waals surface area contributed by atoms with Crippen LogP contribution in [0.1, 0.15) is 56.9 Å². The highest BCUT2D eigenvalue weighted by molar-refractivity contribution is 8.93. The Hall–Kier alpha value is -0.490. The average Bonchev–Trinajstić information content (AvgIpc) is 3.30. The van der Waals surface area contributed by atoms with Crippen LogP contribution in [0.4, 0.5) is 0 Å². The Morgan fingerprint density at radius 2 is 2.07 bits per heavy atom. The van der Waals surface area contributed by atoms with Gasteiger partial charge in [-0.2, -0.15) is 0 Å². The maximum absolute atomic E-state index is 11.2. The molecule has 2 N–H and O–H groups in total. The van der Waals surface area contributed by atoms with Gasteiger partial charge in [0.2, 0.25) is 0 Å². The van der Waals surface area contributed by atoms with Crippen molar-refractivity contribution in [3.63, 3.8) is 0 Å². The molecule has 0 spiro atoms. The Labute approximate surface area is 183 Å². The fraction of sp³-hybridized carbons (Fsp3) is 0.696. The lowest BCUT2D eigenvalue weighted by molar-refractivity contribution is -0.0418. The van der Waals surface area contributed by atoms with Gasteiger partial charge in [0, 0.05) is 17.6 Å². The molecule has 3 nitrogen and oxygen atoms in total. The molecule has 1 aromatic rings. The second-order valence-electron chi connectivity index (χ2n) is 9.81. The third-order valence-corrected chi connectivity index (χ3v) is 9.53. The van der Waals surface area contributed by atoms with Crippen molar-refractivity contribution in [2.24, 2.45) is 28.6 Å². The van der Waals surface area contributed by atoms with E-state index in [9.17, 15) is 5.11 Å². The Kier molecular flexibility index (Phi) is 5.44. The highest BCUT2D eigenvalue weighted by Gasteiger charge is 2.58. The number of thiazole rings is 1. The maximum Gasteiger partial charge on any atom is 0.102 e. The van der Waals surface area contributed by atoms with E-state index in [0.29, 0.717) is 5.41 Å². The maximum atomic E-state index is 11.2. The van der Waals surface area contributed by atoms with Crippen LogP contribution < -0.4 is 5.32 Å². The Morgan fingerprint density at radius 3 is 2.79 bits per heavy atom. The molecule has 5 heteroatoms. The zero-order valence-corrected chi connectivity index (χ0v) is 19.6. The van der Waals surface area contributed by atoms with Gasteiger partial charge in [0.25, 0.3) is 0 Å². The number of fused-ring (bicyclic) bond motifs is 5. The summed E-state index contributed by atoms with van der Waals surface area (Å²) in [5.74, 6) is 2.35. The zero-order chi connectivity index (χ0) is 18.8. The summed E-state index contributed by atoms with van der Waals surface area (Å²) in [4.78, 5) is 4.63. The van der Waals surface area contributed by atoms with Crippen LogP contribution in [0.15, 0.2) is 35.4 Å². The van der Waals surface area contributed by atoms with Crippen molar-refractivity contribution < 1.29 is 5.11 Å². The number of hydrogen-bond donors (Lipinski definition) is 2. The number of aromatic nitrogens is 1. The highest BCUT2D eigenvalue weighted by Crippen LogP contribution is 2.65. The van der Waals surface area contributed by atoms with Crippen molar-refractivity contribution in [3.8, 4) is 0 Å². The highest BCUT2D eigenvalue weighted by atomic mass is 79.9. The van der Waals surface area contributed by atoms with Gasteiger partial charge in [-0.05, 0) is 67.7 Å². The molecule has 0 saturated heterocycles. The third-order valence-electron chi connectivity index (χ3n) is 8.67. The molecule has 5 rings (SSSR count). The molecule has 8 atom stereocenters. The van der Waals surface area contributed by atoms with Crippen LogP contribution in [0.25, 0.3) is 0 Å². The van der Waals surface area contributed by atoms with E-state index in [-0.39, 0.29) is 40.5 Å². The van der Waals surface area contributed by atoms with E-state index in [1.165, 1.54) is 31.3 Å². The van der Waals surface area contributed by atoms with Crippen molar-refractivity contribution in [3.05, 3.63) is 40.4 Å². The van der Waals surface area contributed by atoms with E-state index < -0.39 is 0 Å². The van der Waals surface area contributed by atoms with Gasteiger partial charge in [-0.15, -0.1) is 28.3 Å². The van der Waals surface area contributed by atoms with Crippen LogP contribution in [0.2, 0.25) is 0 Å². The van der Waals surface area contributed by atoms with Crippen molar-refractivity contribution in [1.29, 1.82) is 0 Å². The minimum atomic E-state index is -0.390. The normalized spacial score (nSPS) is 46.8. The number of likely N-dealkylation sites (N-methyl/N-ethyl adjacent to an activating group) is 1. The van der Waals surface area contributed by atoms with Crippen molar-refractivity contribution in [1.82, 2.24) is 10.3 Å². The molecule has 0 amide bonds. The molecule has 0 aliphatic heterocycles. The lowest BCUT2D eigenvalue weighted by Gasteiger charge is -2.59. The second kappa shape index (κ2) is 7.33. The van der Waals surface area contributed by atoms with E-state index in [1.54, 1.807) is 11.3 Å². The van der Waals surface area contributed by atoms with Crippen LogP contribution in [-0.2, 0) is 0 Å². The number of rotatable bonds is 2. The predicted molar refractivity (Wildman–Crippen MR) is 121 cm³/mol. The molecule has 0 bridgehead atoms. The van der Waals surface area contributed by atoms with Gasteiger partial charge < -0.3 is 10.4 Å². The molecule has 3 unspecified atom stereocenters. The quantitative estimate of drug-likeness (QED) is 0.598. The first-order valence-corrected chi connectivity index (χ1v) is 11.5. The fourth-order valence-corrected chi connectivity index (χ4v) is 8.08. The number of allylic oxidation sites excluding steroid dienone is 3. The minimum absolute atomic E-state index is 0. The molecule has 0 aromatic carbocycles. The van der Waals surface area contributed by atoms with E-state index in [0.717, 1.165) is 29.2 Å². The molecule has 4 aliphatic rings. The van der Waals surface area contributed by atoms with Gasteiger partial charge in [0.15, 0.2) is 0 Å². The Balaban J connectivity index is 0.00000192. The lowest BCUT2D eigenvalue weighted by atomic mass is 9.46. The van der Waals surface area contributed by atoms with E-state index in [2.05, 4.69) is 42.4 Å². The van der Waals surface area contributed by atoms with Gasteiger partial charge in [-0.1, -0.05) is 37.6 Å². The first-order valence-electron chi connectivity index (χ1n) is 10.6. The van der Waals surface area contributed by atoms with Crippen LogP contribution in [0, 0.1) is 28.6 Å². The van der Waals surface area contributed by atoms with Crippen molar-refractivity contribution >= 4 is 28.3 Å². The van der Waals surface area contributed by atoms with Crippen molar-refractivity contribution in [2.75, 3.05) is 7.05 Å². The monoisotopic (exact) mass is 464 g/mol. The number of nitrogens with one attached hydrogen (secondary N) is 1. The average molecular weight is 466 g/mol. The molecule has 0 radical (unpaired) electrons. The molecule has 1 aromatic heterocycles. The summed E-state index contributed by atoms with van der Waals surface area (Å²) in [6.45, 7) is 4.98.